The van der Waals surface area contributed by atoms with Gasteiger partial charge in [-0.05, 0) is 11.5 Å². The Hall–Kier alpha value is -1.17. The average Bonchev–Trinajstić information content (AvgIpc) is 2.27. The fourth-order valence-corrected chi connectivity index (χ4v) is 2.61. The van der Waals surface area contributed by atoms with Gasteiger partial charge < -0.3 is 4.74 Å². The first-order chi connectivity index (χ1) is 8.75. The molecule has 1 rings (SSSR count). The Bertz CT molecular complexity index is 460. The van der Waals surface area contributed by atoms with Crippen molar-refractivity contribution in [3.05, 3.63) is 34.1 Å². The molecule has 106 valence electrons. The van der Waals surface area contributed by atoms with Gasteiger partial charge in [-0.1, -0.05) is 36.7 Å². The van der Waals surface area contributed by atoms with Crippen LogP contribution >= 0.6 is 15.9 Å². The van der Waals surface area contributed by atoms with Crippen LogP contribution in [0.3, 0.4) is 0 Å². The van der Waals surface area contributed by atoms with Gasteiger partial charge in [0.15, 0.2) is 0 Å². The number of hydrogen-bond acceptors (Lipinski definition) is 3. The Morgan fingerprint density at radius 3 is 2.53 bits per heavy atom. The third kappa shape index (κ3) is 4.45. The molecule has 1 aromatic rings. The normalized spacial score (nSPS) is 13.1. The average molecular weight is 334 g/mol. The van der Waals surface area contributed by atoms with Crippen LogP contribution in [-0.2, 0) is 0 Å². The molecule has 0 aliphatic carbocycles. The van der Waals surface area contributed by atoms with E-state index in [0.717, 1.165) is 17.5 Å². The number of nitro groups is 1. The summed E-state index contributed by atoms with van der Waals surface area (Å²) in [7, 11) is 0. The van der Waals surface area contributed by atoms with Gasteiger partial charge in [0.2, 0.25) is 5.82 Å². The second-order valence-corrected chi connectivity index (χ2v) is 6.05. The molecule has 0 bridgehead atoms. The largest absolute Gasteiger partial charge is 0.493 e. The number of nitrogens with zero attached hydrogens (tertiary/aromatic N) is 1. The smallest absolute Gasteiger partial charge is 0.305 e. The highest BCUT2D eigenvalue weighted by Gasteiger charge is 2.24. The lowest BCUT2D eigenvalue weighted by molar-refractivity contribution is -0.387. The lowest BCUT2D eigenvalue weighted by Crippen LogP contribution is -2.27. The fourth-order valence-electron chi connectivity index (χ4n) is 1.45. The summed E-state index contributed by atoms with van der Waals surface area (Å²) >= 11 is 3.43. The zero-order valence-corrected chi connectivity index (χ0v) is 12.7. The molecule has 0 saturated heterocycles. The Morgan fingerprint density at radius 2 is 2.11 bits per heavy atom. The lowest BCUT2D eigenvalue weighted by atomic mass is 9.83. The van der Waals surface area contributed by atoms with E-state index < -0.39 is 16.4 Å². The van der Waals surface area contributed by atoms with Crippen LogP contribution in [0.15, 0.2) is 18.2 Å². The lowest BCUT2D eigenvalue weighted by Gasteiger charge is -2.28. The van der Waals surface area contributed by atoms with Gasteiger partial charge in [0.05, 0.1) is 11.5 Å². The number of hydrogen-bond donors (Lipinski definition) is 0. The molecule has 1 atom stereocenters. The minimum absolute atomic E-state index is 0.0584. The predicted octanol–water partition coefficient (Wildman–Crippen LogP) is 4.17. The van der Waals surface area contributed by atoms with E-state index in [4.69, 9.17) is 4.74 Å². The van der Waals surface area contributed by atoms with Crippen molar-refractivity contribution >= 4 is 21.6 Å². The third-order valence-corrected chi connectivity index (χ3v) is 3.76. The van der Waals surface area contributed by atoms with Crippen LogP contribution < -0.4 is 4.74 Å². The third-order valence-electron chi connectivity index (χ3n) is 2.98. The minimum atomic E-state index is -0.881. The van der Waals surface area contributed by atoms with Crippen molar-refractivity contribution in [3.63, 3.8) is 0 Å². The first kappa shape index (κ1) is 15.9. The van der Waals surface area contributed by atoms with E-state index >= 15 is 0 Å². The van der Waals surface area contributed by atoms with Crippen LogP contribution in [0.1, 0.15) is 20.8 Å². The number of alkyl halides is 1. The molecule has 0 radical (unpaired) electrons. The molecule has 0 aliphatic heterocycles. The van der Waals surface area contributed by atoms with Crippen LogP contribution in [-0.4, -0.2) is 16.9 Å². The predicted molar refractivity (Wildman–Crippen MR) is 75.3 cm³/mol. The summed E-state index contributed by atoms with van der Waals surface area (Å²) in [6.45, 7) is 6.71. The van der Waals surface area contributed by atoms with Crippen LogP contribution in [0.25, 0.3) is 0 Å². The quantitative estimate of drug-likeness (QED) is 0.461. The SMILES string of the molecule is CC(C)(C)C(CBr)COc1ccc([N+](=O)[O-])c(F)c1. The summed E-state index contributed by atoms with van der Waals surface area (Å²) in [5, 5.41) is 11.3. The topological polar surface area (TPSA) is 52.4 Å². The van der Waals surface area contributed by atoms with E-state index in [1.54, 1.807) is 0 Å². The molecule has 0 fully saturated rings. The van der Waals surface area contributed by atoms with E-state index in [2.05, 4.69) is 36.7 Å². The van der Waals surface area contributed by atoms with Crippen LogP contribution in [0.4, 0.5) is 10.1 Å². The molecule has 0 aliphatic rings. The van der Waals surface area contributed by atoms with E-state index in [9.17, 15) is 14.5 Å². The Labute approximate surface area is 120 Å². The number of nitro benzene ring substituents is 1. The molecule has 0 aromatic heterocycles. The molecule has 4 nitrogen and oxygen atoms in total. The van der Waals surface area contributed by atoms with Gasteiger partial charge >= 0.3 is 5.69 Å². The highest BCUT2D eigenvalue weighted by molar-refractivity contribution is 9.09. The number of ether oxygens (including phenoxy) is 1. The monoisotopic (exact) mass is 333 g/mol. The maximum atomic E-state index is 13.4. The molecule has 0 N–H and O–H groups in total. The maximum Gasteiger partial charge on any atom is 0.305 e. The highest BCUT2D eigenvalue weighted by atomic mass is 79.9. The highest BCUT2D eigenvalue weighted by Crippen LogP contribution is 2.29. The minimum Gasteiger partial charge on any atom is -0.493 e. The molecule has 0 spiro atoms. The van der Waals surface area contributed by atoms with Crippen molar-refractivity contribution < 1.29 is 14.1 Å². The molecule has 19 heavy (non-hydrogen) atoms. The molecule has 1 aromatic carbocycles. The van der Waals surface area contributed by atoms with Gasteiger partial charge in [-0.3, -0.25) is 10.1 Å². The Kier molecular flexibility index (Phi) is 5.29. The number of halogens is 2. The van der Waals surface area contributed by atoms with Crippen molar-refractivity contribution in [3.8, 4) is 5.75 Å². The van der Waals surface area contributed by atoms with E-state index in [1.165, 1.54) is 6.07 Å². The fraction of sp³-hybridized carbons (Fsp3) is 0.538. The molecular weight excluding hydrogens is 317 g/mol. The van der Waals surface area contributed by atoms with Crippen molar-refractivity contribution in [1.29, 1.82) is 0 Å². The molecular formula is C13H17BrFNO3. The van der Waals surface area contributed by atoms with Crippen molar-refractivity contribution in [2.75, 3.05) is 11.9 Å². The van der Waals surface area contributed by atoms with Gasteiger partial charge in [-0.2, -0.15) is 4.39 Å². The van der Waals surface area contributed by atoms with Crippen LogP contribution in [0.5, 0.6) is 5.75 Å². The first-order valence-electron chi connectivity index (χ1n) is 5.88. The van der Waals surface area contributed by atoms with Gasteiger partial charge in [-0.15, -0.1) is 0 Å². The molecule has 1 unspecified atom stereocenters. The molecule has 0 saturated carbocycles. The van der Waals surface area contributed by atoms with Gasteiger partial charge in [0.1, 0.15) is 5.75 Å². The summed E-state index contributed by atoms with van der Waals surface area (Å²) < 4.78 is 18.9. The second-order valence-electron chi connectivity index (χ2n) is 5.40. The summed E-state index contributed by atoms with van der Waals surface area (Å²) in [6.07, 6.45) is 0. The summed E-state index contributed by atoms with van der Waals surface area (Å²) in [5.74, 6) is -0.322. The summed E-state index contributed by atoms with van der Waals surface area (Å²) in [6, 6.07) is 3.58. The van der Waals surface area contributed by atoms with Gasteiger partial charge in [-0.25, -0.2) is 0 Å². The Balaban J connectivity index is 2.74. The zero-order valence-electron chi connectivity index (χ0n) is 11.2. The van der Waals surface area contributed by atoms with Gasteiger partial charge in [0.25, 0.3) is 0 Å². The summed E-state index contributed by atoms with van der Waals surface area (Å²) in [4.78, 5) is 9.74. The Morgan fingerprint density at radius 1 is 1.47 bits per heavy atom. The first-order valence-corrected chi connectivity index (χ1v) is 7.00. The van der Waals surface area contributed by atoms with Crippen LogP contribution in [0, 0.1) is 27.3 Å². The molecule has 0 heterocycles. The summed E-state index contributed by atoms with van der Waals surface area (Å²) in [5.41, 5.74) is -0.483. The molecule has 6 heteroatoms. The zero-order chi connectivity index (χ0) is 14.6. The van der Waals surface area contributed by atoms with Gasteiger partial charge in [0, 0.05) is 23.4 Å². The molecule has 0 amide bonds. The standard InChI is InChI=1S/C13H17BrFNO3/c1-13(2,3)9(7-14)8-19-10-4-5-12(16(17)18)11(15)6-10/h4-6,9H,7-8H2,1-3H3. The van der Waals surface area contributed by atoms with Crippen molar-refractivity contribution in [2.24, 2.45) is 11.3 Å². The number of benzene rings is 1. The number of rotatable bonds is 5. The maximum absolute atomic E-state index is 13.4. The van der Waals surface area contributed by atoms with Crippen LogP contribution in [0.2, 0.25) is 0 Å². The second kappa shape index (κ2) is 6.32. The van der Waals surface area contributed by atoms with E-state index in [-0.39, 0.29) is 11.3 Å². The van der Waals surface area contributed by atoms with Crippen molar-refractivity contribution in [2.45, 2.75) is 20.8 Å². The van der Waals surface area contributed by atoms with E-state index in [0.29, 0.717) is 12.4 Å². The van der Waals surface area contributed by atoms with Crippen molar-refractivity contribution in [1.82, 2.24) is 0 Å². The van der Waals surface area contributed by atoms with E-state index in [1.807, 2.05) is 0 Å².